The number of nitrogens with zero attached hydrogens (tertiary/aromatic N) is 1. The number of ether oxygens (including phenoxy) is 3. The molecular weight excluding hydrogens is 384 g/mol. The highest BCUT2D eigenvalue weighted by atomic mass is 35.5. The molecule has 0 saturated heterocycles. The van der Waals surface area contributed by atoms with Gasteiger partial charge < -0.3 is 19.5 Å². The number of nitriles is 1. The molecule has 0 spiro atoms. The van der Waals surface area contributed by atoms with Crippen molar-refractivity contribution >= 4 is 23.5 Å². The van der Waals surface area contributed by atoms with Gasteiger partial charge in [-0.05, 0) is 55.5 Å². The Morgan fingerprint density at radius 2 is 1.75 bits per heavy atom. The number of carbonyl (C=O) groups is 2. The standard InChI is InChI=1S/C20H19ClN2O5/c1-14(28-18-6-2-15(12-22)3-7-18)20(25)27-13-19(24)23-10-11-26-17-8-4-16(21)5-9-17/h2-9,14H,10-11,13H2,1H3,(H,23,24)/t14-/m1/s1. The predicted molar refractivity (Wildman–Crippen MR) is 102 cm³/mol. The number of esters is 1. The molecule has 0 saturated carbocycles. The van der Waals surface area contributed by atoms with Crippen LogP contribution < -0.4 is 14.8 Å². The van der Waals surface area contributed by atoms with Crippen molar-refractivity contribution < 1.29 is 23.8 Å². The summed E-state index contributed by atoms with van der Waals surface area (Å²) in [5.74, 6) is -0.0540. The lowest BCUT2D eigenvalue weighted by molar-refractivity contribution is -0.154. The molecule has 0 heterocycles. The fourth-order valence-corrected chi connectivity index (χ4v) is 2.18. The van der Waals surface area contributed by atoms with Crippen LogP contribution in [0.4, 0.5) is 0 Å². The first-order valence-corrected chi connectivity index (χ1v) is 8.84. The van der Waals surface area contributed by atoms with Crippen molar-refractivity contribution in [2.24, 2.45) is 0 Å². The molecule has 2 aromatic rings. The Bertz CT molecular complexity index is 831. The van der Waals surface area contributed by atoms with E-state index in [0.717, 1.165) is 0 Å². The third-order valence-corrected chi connectivity index (χ3v) is 3.73. The van der Waals surface area contributed by atoms with Gasteiger partial charge in [0, 0.05) is 5.02 Å². The Morgan fingerprint density at radius 3 is 2.39 bits per heavy atom. The molecule has 1 N–H and O–H groups in total. The first kappa shape index (κ1) is 21.1. The van der Waals surface area contributed by atoms with Gasteiger partial charge in [0.2, 0.25) is 0 Å². The van der Waals surface area contributed by atoms with Crippen molar-refractivity contribution in [2.45, 2.75) is 13.0 Å². The number of amides is 1. The van der Waals surface area contributed by atoms with Crippen LogP contribution >= 0.6 is 11.6 Å². The van der Waals surface area contributed by atoms with Crippen LogP contribution in [0, 0.1) is 11.3 Å². The summed E-state index contributed by atoms with van der Waals surface area (Å²) in [5, 5.41) is 11.9. The first-order chi connectivity index (χ1) is 13.5. The monoisotopic (exact) mass is 402 g/mol. The van der Waals surface area contributed by atoms with E-state index in [1.807, 2.05) is 6.07 Å². The van der Waals surface area contributed by atoms with Crippen molar-refractivity contribution in [3.8, 4) is 17.6 Å². The van der Waals surface area contributed by atoms with E-state index in [-0.39, 0.29) is 13.2 Å². The average Bonchev–Trinajstić information content (AvgIpc) is 2.71. The van der Waals surface area contributed by atoms with Crippen LogP contribution in [0.5, 0.6) is 11.5 Å². The van der Waals surface area contributed by atoms with Gasteiger partial charge in [-0.2, -0.15) is 5.26 Å². The van der Waals surface area contributed by atoms with Crippen molar-refractivity contribution in [1.29, 1.82) is 5.26 Å². The van der Waals surface area contributed by atoms with Gasteiger partial charge in [-0.3, -0.25) is 4.79 Å². The van der Waals surface area contributed by atoms with E-state index in [1.165, 1.54) is 6.92 Å². The molecule has 28 heavy (non-hydrogen) atoms. The predicted octanol–water partition coefficient (Wildman–Crippen LogP) is 2.72. The van der Waals surface area contributed by atoms with Crippen LogP contribution in [0.3, 0.4) is 0 Å². The van der Waals surface area contributed by atoms with E-state index in [0.29, 0.717) is 22.1 Å². The molecule has 2 aromatic carbocycles. The number of hydrogen-bond acceptors (Lipinski definition) is 6. The normalized spacial score (nSPS) is 11.0. The molecule has 146 valence electrons. The number of rotatable bonds is 9. The van der Waals surface area contributed by atoms with Gasteiger partial charge in [0.1, 0.15) is 18.1 Å². The van der Waals surface area contributed by atoms with Gasteiger partial charge in [-0.25, -0.2) is 4.79 Å². The minimum absolute atomic E-state index is 0.260. The van der Waals surface area contributed by atoms with Crippen LogP contribution in [0.1, 0.15) is 12.5 Å². The summed E-state index contributed by atoms with van der Waals surface area (Å²) < 4.78 is 15.8. The molecule has 0 aliphatic heterocycles. The molecule has 0 aliphatic carbocycles. The quantitative estimate of drug-likeness (QED) is 0.511. The second-order valence-electron chi connectivity index (χ2n) is 5.66. The van der Waals surface area contributed by atoms with Gasteiger partial charge in [-0.1, -0.05) is 11.6 Å². The average molecular weight is 403 g/mol. The highest BCUT2D eigenvalue weighted by Crippen LogP contribution is 2.15. The molecule has 8 heteroatoms. The lowest BCUT2D eigenvalue weighted by Crippen LogP contribution is -2.34. The molecule has 0 radical (unpaired) electrons. The maximum atomic E-state index is 11.9. The Hall–Kier alpha value is -3.24. The number of nitrogens with one attached hydrogen (secondary N) is 1. The Morgan fingerprint density at radius 1 is 1.11 bits per heavy atom. The highest BCUT2D eigenvalue weighted by Gasteiger charge is 2.17. The van der Waals surface area contributed by atoms with E-state index in [1.54, 1.807) is 48.5 Å². The zero-order chi connectivity index (χ0) is 20.4. The molecule has 0 unspecified atom stereocenters. The van der Waals surface area contributed by atoms with E-state index in [4.69, 9.17) is 31.1 Å². The maximum Gasteiger partial charge on any atom is 0.347 e. The van der Waals surface area contributed by atoms with E-state index in [9.17, 15) is 9.59 Å². The Balaban J connectivity index is 1.63. The molecule has 7 nitrogen and oxygen atoms in total. The van der Waals surface area contributed by atoms with Gasteiger partial charge >= 0.3 is 5.97 Å². The molecule has 0 bridgehead atoms. The second-order valence-corrected chi connectivity index (χ2v) is 6.09. The van der Waals surface area contributed by atoms with Gasteiger partial charge in [0.05, 0.1) is 18.2 Å². The van der Waals surface area contributed by atoms with Crippen molar-refractivity contribution in [1.82, 2.24) is 5.32 Å². The maximum absolute atomic E-state index is 11.9. The number of carbonyl (C=O) groups excluding carboxylic acids is 2. The Kier molecular flexibility index (Phi) is 8.12. The zero-order valence-corrected chi connectivity index (χ0v) is 15.9. The molecule has 0 aliphatic rings. The molecular formula is C20H19ClN2O5. The van der Waals surface area contributed by atoms with E-state index in [2.05, 4.69) is 5.32 Å². The van der Waals surface area contributed by atoms with Gasteiger partial charge in [0.15, 0.2) is 12.7 Å². The highest BCUT2D eigenvalue weighted by molar-refractivity contribution is 6.30. The zero-order valence-electron chi connectivity index (χ0n) is 15.2. The molecule has 2 rings (SSSR count). The summed E-state index contributed by atoms with van der Waals surface area (Å²) in [6, 6.07) is 15.2. The fourth-order valence-electron chi connectivity index (χ4n) is 2.06. The number of hydrogen-bond donors (Lipinski definition) is 1. The minimum atomic E-state index is -0.894. The second kappa shape index (κ2) is 10.8. The van der Waals surface area contributed by atoms with Crippen LogP contribution in [-0.2, 0) is 14.3 Å². The molecule has 0 fully saturated rings. The van der Waals surface area contributed by atoms with Crippen LogP contribution in [0.2, 0.25) is 5.02 Å². The third kappa shape index (κ3) is 7.17. The summed E-state index contributed by atoms with van der Waals surface area (Å²) in [4.78, 5) is 23.6. The van der Waals surface area contributed by atoms with Crippen LogP contribution in [-0.4, -0.2) is 37.7 Å². The first-order valence-electron chi connectivity index (χ1n) is 8.46. The van der Waals surface area contributed by atoms with Gasteiger partial charge in [0.25, 0.3) is 5.91 Å². The Labute approximate surface area is 167 Å². The van der Waals surface area contributed by atoms with Crippen LogP contribution in [0.25, 0.3) is 0 Å². The lowest BCUT2D eigenvalue weighted by Gasteiger charge is -2.14. The summed E-state index contributed by atoms with van der Waals surface area (Å²) in [6.07, 6.45) is -0.894. The summed E-state index contributed by atoms with van der Waals surface area (Å²) >= 11 is 5.78. The minimum Gasteiger partial charge on any atom is -0.492 e. The summed E-state index contributed by atoms with van der Waals surface area (Å²) in [6.45, 7) is 1.62. The summed E-state index contributed by atoms with van der Waals surface area (Å²) in [7, 11) is 0. The molecule has 1 amide bonds. The van der Waals surface area contributed by atoms with E-state index < -0.39 is 24.6 Å². The van der Waals surface area contributed by atoms with E-state index >= 15 is 0 Å². The van der Waals surface area contributed by atoms with Crippen LogP contribution in [0.15, 0.2) is 48.5 Å². The largest absolute Gasteiger partial charge is 0.492 e. The molecule has 0 aromatic heterocycles. The number of halogens is 1. The third-order valence-electron chi connectivity index (χ3n) is 3.48. The number of benzene rings is 2. The lowest BCUT2D eigenvalue weighted by atomic mass is 10.2. The van der Waals surface area contributed by atoms with Crippen molar-refractivity contribution in [3.63, 3.8) is 0 Å². The van der Waals surface area contributed by atoms with Crippen molar-refractivity contribution in [2.75, 3.05) is 19.8 Å². The molecule has 1 atom stereocenters. The van der Waals surface area contributed by atoms with Crippen molar-refractivity contribution in [3.05, 3.63) is 59.1 Å². The SMILES string of the molecule is C[C@@H](Oc1ccc(C#N)cc1)C(=O)OCC(=O)NCCOc1ccc(Cl)cc1. The summed E-state index contributed by atoms with van der Waals surface area (Å²) in [5.41, 5.74) is 0.485. The smallest absolute Gasteiger partial charge is 0.347 e. The topological polar surface area (TPSA) is 97.6 Å². The fraction of sp³-hybridized carbons (Fsp3) is 0.250. The van der Waals surface area contributed by atoms with Gasteiger partial charge in [-0.15, -0.1) is 0 Å².